The molecule has 0 radical (unpaired) electrons. The van der Waals surface area contributed by atoms with Crippen LogP contribution in [0.3, 0.4) is 0 Å². The summed E-state index contributed by atoms with van der Waals surface area (Å²) < 4.78 is 32.8. The number of hydrogen-bond donors (Lipinski definition) is 2. The van der Waals surface area contributed by atoms with Gasteiger partial charge in [-0.2, -0.15) is 0 Å². The summed E-state index contributed by atoms with van der Waals surface area (Å²) in [5.41, 5.74) is 1.18. The molecule has 0 fully saturated rings. The Hall–Kier alpha value is -2.58. The van der Waals surface area contributed by atoms with E-state index in [9.17, 15) is 13.2 Å². The van der Waals surface area contributed by atoms with Gasteiger partial charge in [0, 0.05) is 17.3 Å². The highest BCUT2D eigenvalue weighted by Crippen LogP contribution is 2.25. The molecule has 0 heterocycles. The molecule has 2 rings (SSSR count). The molecule has 8 heteroatoms. The maximum Gasteiger partial charge on any atom is 0.238 e. The predicted molar refractivity (Wildman–Crippen MR) is 89.7 cm³/mol. The molecule has 0 aliphatic heterocycles. The molecular weight excluding hydrogens is 332 g/mol. The first kappa shape index (κ1) is 17.8. The molecule has 0 spiro atoms. The van der Waals surface area contributed by atoms with Crippen molar-refractivity contribution >= 4 is 21.6 Å². The second kappa shape index (κ2) is 7.33. The second-order valence-electron chi connectivity index (χ2n) is 4.97. The highest BCUT2D eigenvalue weighted by Gasteiger charge is 2.11. The summed E-state index contributed by atoms with van der Waals surface area (Å²) in [6, 6.07) is 10.8. The lowest BCUT2D eigenvalue weighted by Crippen LogP contribution is -2.15. The van der Waals surface area contributed by atoms with Crippen molar-refractivity contribution in [1.82, 2.24) is 0 Å². The van der Waals surface area contributed by atoms with Crippen molar-refractivity contribution in [3.8, 4) is 11.5 Å². The van der Waals surface area contributed by atoms with Gasteiger partial charge in [-0.25, -0.2) is 13.6 Å². The monoisotopic (exact) mass is 350 g/mol. The van der Waals surface area contributed by atoms with Crippen LogP contribution < -0.4 is 19.9 Å². The summed E-state index contributed by atoms with van der Waals surface area (Å²) in [5, 5.41) is 7.71. The Morgan fingerprint density at radius 2 is 1.75 bits per heavy atom. The van der Waals surface area contributed by atoms with Gasteiger partial charge in [-0.3, -0.25) is 4.79 Å². The van der Waals surface area contributed by atoms with Crippen LogP contribution in [0.25, 0.3) is 0 Å². The molecular formula is C16H18N2O5S. The number of hydrogen-bond acceptors (Lipinski definition) is 5. The number of methoxy groups -OCH3 is 2. The Morgan fingerprint density at radius 1 is 1.08 bits per heavy atom. The molecule has 0 bridgehead atoms. The Kier molecular flexibility index (Phi) is 5.42. The van der Waals surface area contributed by atoms with E-state index in [1.54, 1.807) is 25.3 Å². The third kappa shape index (κ3) is 4.46. The molecule has 2 aromatic rings. The molecule has 0 saturated heterocycles. The standard InChI is InChI=1S/C16H18N2O5S/c1-22-13-6-3-11(15(10-13)23-2)9-16(19)18-12-4-7-14(8-5-12)24(17,20)21/h3-8,10H,9H2,1-2H3,(H,18,19)(H2,17,20,21). The van der Waals surface area contributed by atoms with E-state index in [0.29, 0.717) is 22.7 Å². The van der Waals surface area contributed by atoms with Crippen LogP contribution in [-0.4, -0.2) is 28.5 Å². The zero-order chi connectivity index (χ0) is 17.7. The van der Waals surface area contributed by atoms with Gasteiger partial charge in [0.25, 0.3) is 0 Å². The molecule has 1 amide bonds. The summed E-state index contributed by atoms with van der Waals surface area (Å²) >= 11 is 0. The van der Waals surface area contributed by atoms with Gasteiger partial charge in [-0.1, -0.05) is 6.07 Å². The Balaban J connectivity index is 2.08. The number of nitrogens with one attached hydrogen (secondary N) is 1. The number of rotatable bonds is 6. The van der Waals surface area contributed by atoms with Crippen LogP contribution in [0.4, 0.5) is 5.69 Å². The number of nitrogens with two attached hydrogens (primary N) is 1. The first-order chi connectivity index (χ1) is 11.3. The molecule has 128 valence electrons. The summed E-state index contributed by atoms with van der Waals surface area (Å²) in [5.74, 6) is 0.922. The van der Waals surface area contributed by atoms with Crippen LogP contribution in [0, 0.1) is 0 Å². The van der Waals surface area contributed by atoms with E-state index < -0.39 is 10.0 Å². The van der Waals surface area contributed by atoms with E-state index in [2.05, 4.69) is 5.32 Å². The Labute approximate surface area is 140 Å². The molecule has 0 aliphatic rings. The van der Waals surface area contributed by atoms with Gasteiger partial charge in [0.05, 0.1) is 25.5 Å². The first-order valence-corrected chi connectivity index (χ1v) is 8.51. The van der Waals surface area contributed by atoms with Crippen LogP contribution in [0.2, 0.25) is 0 Å². The number of benzene rings is 2. The highest BCUT2D eigenvalue weighted by molar-refractivity contribution is 7.89. The molecule has 3 N–H and O–H groups in total. The van der Waals surface area contributed by atoms with Gasteiger partial charge >= 0.3 is 0 Å². The van der Waals surface area contributed by atoms with Gasteiger partial charge < -0.3 is 14.8 Å². The molecule has 0 aliphatic carbocycles. The number of anilines is 1. The molecule has 2 aromatic carbocycles. The maximum absolute atomic E-state index is 12.1. The van der Waals surface area contributed by atoms with Crippen LogP contribution in [0.15, 0.2) is 47.4 Å². The van der Waals surface area contributed by atoms with E-state index >= 15 is 0 Å². The molecule has 0 atom stereocenters. The first-order valence-electron chi connectivity index (χ1n) is 6.97. The third-order valence-electron chi connectivity index (χ3n) is 3.31. The number of sulfonamides is 1. The van der Waals surface area contributed by atoms with Crippen molar-refractivity contribution in [2.45, 2.75) is 11.3 Å². The lowest BCUT2D eigenvalue weighted by Gasteiger charge is -2.11. The van der Waals surface area contributed by atoms with Crippen LogP contribution >= 0.6 is 0 Å². The zero-order valence-electron chi connectivity index (χ0n) is 13.3. The van der Waals surface area contributed by atoms with E-state index in [-0.39, 0.29) is 17.2 Å². The number of amides is 1. The third-order valence-corrected chi connectivity index (χ3v) is 4.24. The van der Waals surface area contributed by atoms with Gasteiger partial charge in [0.15, 0.2) is 0 Å². The van der Waals surface area contributed by atoms with Crippen molar-refractivity contribution in [3.05, 3.63) is 48.0 Å². The number of carbonyl (C=O) groups is 1. The number of ether oxygens (including phenoxy) is 2. The van der Waals surface area contributed by atoms with E-state index in [1.807, 2.05) is 0 Å². The number of carbonyl (C=O) groups excluding carboxylic acids is 1. The molecule has 0 unspecified atom stereocenters. The maximum atomic E-state index is 12.1. The summed E-state index contributed by atoms with van der Waals surface area (Å²) in [6.07, 6.45) is 0.101. The Bertz CT molecular complexity index is 832. The highest BCUT2D eigenvalue weighted by atomic mass is 32.2. The van der Waals surface area contributed by atoms with E-state index in [0.717, 1.165) is 0 Å². The molecule has 24 heavy (non-hydrogen) atoms. The fraction of sp³-hybridized carbons (Fsp3) is 0.188. The molecule has 0 aromatic heterocycles. The van der Waals surface area contributed by atoms with Crippen molar-refractivity contribution in [1.29, 1.82) is 0 Å². The van der Waals surface area contributed by atoms with Crippen LogP contribution in [0.5, 0.6) is 11.5 Å². The Morgan fingerprint density at radius 3 is 2.29 bits per heavy atom. The summed E-state index contributed by atoms with van der Waals surface area (Å²) in [6.45, 7) is 0. The normalized spacial score (nSPS) is 11.0. The minimum atomic E-state index is -3.75. The number of primary sulfonamides is 1. The fourth-order valence-electron chi connectivity index (χ4n) is 2.10. The molecule has 7 nitrogen and oxygen atoms in total. The van der Waals surface area contributed by atoms with Gasteiger partial charge in [0.1, 0.15) is 11.5 Å². The van der Waals surface area contributed by atoms with Gasteiger partial charge in [-0.15, -0.1) is 0 Å². The topological polar surface area (TPSA) is 108 Å². The minimum absolute atomic E-state index is 0.0164. The van der Waals surface area contributed by atoms with Gasteiger partial charge in [-0.05, 0) is 30.3 Å². The summed E-state index contributed by atoms with van der Waals surface area (Å²) in [4.78, 5) is 12.1. The average molecular weight is 350 g/mol. The van der Waals surface area contributed by atoms with Crippen molar-refractivity contribution in [2.75, 3.05) is 19.5 Å². The van der Waals surface area contributed by atoms with Crippen molar-refractivity contribution in [2.24, 2.45) is 5.14 Å². The van der Waals surface area contributed by atoms with Crippen LogP contribution in [0.1, 0.15) is 5.56 Å². The van der Waals surface area contributed by atoms with E-state index in [1.165, 1.54) is 31.4 Å². The van der Waals surface area contributed by atoms with Gasteiger partial charge in [0.2, 0.25) is 15.9 Å². The quantitative estimate of drug-likeness (QED) is 0.821. The van der Waals surface area contributed by atoms with Crippen LogP contribution in [-0.2, 0) is 21.2 Å². The van der Waals surface area contributed by atoms with Crippen molar-refractivity contribution in [3.63, 3.8) is 0 Å². The second-order valence-corrected chi connectivity index (χ2v) is 6.53. The zero-order valence-corrected chi connectivity index (χ0v) is 14.1. The smallest absolute Gasteiger partial charge is 0.238 e. The predicted octanol–water partition coefficient (Wildman–Crippen LogP) is 1.53. The lowest BCUT2D eigenvalue weighted by molar-refractivity contribution is -0.115. The molecule has 0 saturated carbocycles. The fourth-order valence-corrected chi connectivity index (χ4v) is 2.62. The lowest BCUT2D eigenvalue weighted by atomic mass is 10.1. The summed E-state index contributed by atoms with van der Waals surface area (Å²) in [7, 11) is -0.689. The largest absolute Gasteiger partial charge is 0.497 e. The van der Waals surface area contributed by atoms with E-state index in [4.69, 9.17) is 14.6 Å². The SMILES string of the molecule is COc1ccc(CC(=O)Nc2ccc(S(N)(=O)=O)cc2)c(OC)c1. The minimum Gasteiger partial charge on any atom is -0.497 e. The van der Waals surface area contributed by atoms with Crippen molar-refractivity contribution < 1.29 is 22.7 Å². The average Bonchev–Trinajstić information content (AvgIpc) is 2.54.